The maximum atomic E-state index is 12.5. The van der Waals surface area contributed by atoms with E-state index in [1.165, 1.54) is 0 Å². The van der Waals surface area contributed by atoms with E-state index in [0.29, 0.717) is 12.0 Å². The normalized spacial score (nSPS) is 18.8. The minimum atomic E-state index is -3.56. The van der Waals surface area contributed by atoms with Crippen LogP contribution in [0, 0.1) is 11.8 Å². The summed E-state index contributed by atoms with van der Waals surface area (Å²) in [6, 6.07) is 6.71. The van der Waals surface area contributed by atoms with E-state index >= 15 is 0 Å². The van der Waals surface area contributed by atoms with Crippen LogP contribution in [0.25, 0.3) is 0 Å². The number of sulfonamides is 1. The summed E-state index contributed by atoms with van der Waals surface area (Å²) in [5, 5.41) is 8.75. The van der Waals surface area contributed by atoms with Crippen LogP contribution in [-0.2, 0) is 10.0 Å². The molecule has 0 saturated carbocycles. The molecule has 0 bridgehead atoms. The Bertz CT molecular complexity index is 626. The van der Waals surface area contributed by atoms with Gasteiger partial charge in [0, 0.05) is 23.8 Å². The van der Waals surface area contributed by atoms with Crippen molar-refractivity contribution in [3.8, 4) is 11.8 Å². The first-order valence-corrected chi connectivity index (χ1v) is 9.56. The van der Waals surface area contributed by atoms with Gasteiger partial charge in [-0.25, -0.2) is 13.1 Å². The Morgan fingerprint density at radius 1 is 1.38 bits per heavy atom. The molecule has 114 valence electrons. The largest absolute Gasteiger partial charge is 0.395 e. The van der Waals surface area contributed by atoms with Crippen molar-refractivity contribution >= 4 is 21.8 Å². The van der Waals surface area contributed by atoms with Crippen molar-refractivity contribution in [1.82, 2.24) is 4.72 Å². The van der Waals surface area contributed by atoms with Gasteiger partial charge in [-0.2, -0.15) is 11.8 Å². The number of hydrogen-bond acceptors (Lipinski definition) is 4. The SMILES string of the molecule is O=S(=O)(NC1CCCSC1)c1ccccc1C#CCCO. The quantitative estimate of drug-likeness (QED) is 0.825. The van der Waals surface area contributed by atoms with Gasteiger partial charge in [-0.3, -0.25) is 0 Å². The zero-order chi connectivity index (χ0) is 15.1. The van der Waals surface area contributed by atoms with E-state index in [9.17, 15) is 8.42 Å². The first kappa shape index (κ1) is 16.4. The van der Waals surface area contributed by atoms with Crippen LogP contribution in [0.4, 0.5) is 0 Å². The Labute approximate surface area is 130 Å². The predicted molar refractivity (Wildman–Crippen MR) is 85.7 cm³/mol. The van der Waals surface area contributed by atoms with Gasteiger partial charge in [-0.1, -0.05) is 24.0 Å². The van der Waals surface area contributed by atoms with Gasteiger partial charge in [0.1, 0.15) is 0 Å². The smallest absolute Gasteiger partial charge is 0.242 e. The van der Waals surface area contributed by atoms with Crippen molar-refractivity contribution in [3.63, 3.8) is 0 Å². The van der Waals surface area contributed by atoms with Crippen molar-refractivity contribution in [3.05, 3.63) is 29.8 Å². The Morgan fingerprint density at radius 3 is 2.90 bits per heavy atom. The number of thioether (sulfide) groups is 1. The van der Waals surface area contributed by atoms with Gasteiger partial charge in [0.25, 0.3) is 0 Å². The van der Waals surface area contributed by atoms with E-state index in [4.69, 9.17) is 5.11 Å². The van der Waals surface area contributed by atoms with Gasteiger partial charge in [0.2, 0.25) is 10.0 Å². The molecule has 21 heavy (non-hydrogen) atoms. The van der Waals surface area contributed by atoms with Gasteiger partial charge >= 0.3 is 0 Å². The molecule has 1 aliphatic heterocycles. The van der Waals surface area contributed by atoms with Crippen LogP contribution < -0.4 is 4.72 Å². The minimum absolute atomic E-state index is 0.00722. The zero-order valence-electron chi connectivity index (χ0n) is 11.7. The summed E-state index contributed by atoms with van der Waals surface area (Å²) in [6.45, 7) is -0.0283. The molecule has 2 rings (SSSR count). The van der Waals surface area contributed by atoms with Crippen molar-refractivity contribution in [2.45, 2.75) is 30.2 Å². The van der Waals surface area contributed by atoms with E-state index in [0.717, 1.165) is 24.3 Å². The third-order valence-electron chi connectivity index (χ3n) is 3.12. The third-order valence-corrected chi connectivity index (χ3v) is 5.91. The fraction of sp³-hybridized carbons (Fsp3) is 0.467. The molecule has 1 aliphatic rings. The van der Waals surface area contributed by atoms with Crippen molar-refractivity contribution in [2.75, 3.05) is 18.1 Å². The van der Waals surface area contributed by atoms with Gasteiger partial charge in [-0.15, -0.1) is 0 Å². The number of aliphatic hydroxyl groups is 1. The molecule has 0 amide bonds. The molecule has 6 heteroatoms. The first-order valence-electron chi connectivity index (χ1n) is 6.92. The maximum absolute atomic E-state index is 12.5. The lowest BCUT2D eigenvalue weighted by atomic mass is 10.2. The molecule has 0 spiro atoms. The number of nitrogens with one attached hydrogen (secondary N) is 1. The molecule has 0 aliphatic carbocycles. The van der Waals surface area contributed by atoms with Gasteiger partial charge < -0.3 is 5.11 Å². The molecule has 0 aromatic heterocycles. The summed E-state index contributed by atoms with van der Waals surface area (Å²) in [5.74, 6) is 7.51. The highest BCUT2D eigenvalue weighted by atomic mass is 32.2. The fourth-order valence-corrected chi connectivity index (χ4v) is 4.75. The summed E-state index contributed by atoms with van der Waals surface area (Å²) in [4.78, 5) is 0.214. The standard InChI is InChI=1S/C15H19NO3S2/c17-10-4-3-7-13-6-1-2-9-15(13)21(18,19)16-14-8-5-11-20-12-14/h1-2,6,9,14,16-17H,4-5,8,10-12H2. The van der Waals surface area contributed by atoms with Crippen LogP contribution in [0.15, 0.2) is 29.2 Å². The molecule has 1 fully saturated rings. The Balaban J connectivity index is 2.21. The van der Waals surface area contributed by atoms with E-state index in [2.05, 4.69) is 16.6 Å². The highest BCUT2D eigenvalue weighted by Crippen LogP contribution is 2.20. The average Bonchev–Trinajstić information content (AvgIpc) is 2.48. The van der Waals surface area contributed by atoms with E-state index in [-0.39, 0.29) is 17.5 Å². The Kier molecular flexibility index (Phi) is 6.12. The van der Waals surface area contributed by atoms with E-state index in [1.54, 1.807) is 36.0 Å². The predicted octanol–water partition coefficient (Wildman–Crippen LogP) is 1.59. The maximum Gasteiger partial charge on any atom is 0.242 e. The molecule has 1 unspecified atom stereocenters. The summed E-state index contributed by atoms with van der Waals surface area (Å²) < 4.78 is 27.8. The highest BCUT2D eigenvalue weighted by molar-refractivity contribution is 7.99. The Morgan fingerprint density at radius 2 is 2.19 bits per heavy atom. The number of hydrogen-bond donors (Lipinski definition) is 2. The number of aliphatic hydroxyl groups excluding tert-OH is 1. The third kappa shape index (κ3) is 4.75. The van der Waals surface area contributed by atoms with Crippen LogP contribution in [0.1, 0.15) is 24.8 Å². The van der Waals surface area contributed by atoms with Crippen molar-refractivity contribution in [1.29, 1.82) is 0 Å². The van der Waals surface area contributed by atoms with Crippen LogP contribution in [0.3, 0.4) is 0 Å². The molecule has 0 radical (unpaired) electrons. The van der Waals surface area contributed by atoms with Crippen molar-refractivity contribution < 1.29 is 13.5 Å². The Hall–Kier alpha value is -1.00. The molecule has 1 atom stereocenters. The topological polar surface area (TPSA) is 66.4 Å². The summed E-state index contributed by atoms with van der Waals surface area (Å²) >= 11 is 1.78. The van der Waals surface area contributed by atoms with Gasteiger partial charge in [0.15, 0.2) is 0 Å². The molecular weight excluding hydrogens is 306 g/mol. The van der Waals surface area contributed by atoms with Gasteiger partial charge in [0.05, 0.1) is 11.5 Å². The molecule has 1 aromatic carbocycles. The van der Waals surface area contributed by atoms with Crippen LogP contribution in [0.2, 0.25) is 0 Å². The van der Waals surface area contributed by atoms with Crippen LogP contribution >= 0.6 is 11.8 Å². The molecule has 1 aromatic rings. The second kappa shape index (κ2) is 7.85. The monoisotopic (exact) mass is 325 g/mol. The highest BCUT2D eigenvalue weighted by Gasteiger charge is 2.23. The van der Waals surface area contributed by atoms with E-state index in [1.807, 2.05) is 0 Å². The second-order valence-corrected chi connectivity index (χ2v) is 7.64. The first-order chi connectivity index (χ1) is 10.1. The van der Waals surface area contributed by atoms with E-state index < -0.39 is 10.0 Å². The number of benzene rings is 1. The summed E-state index contributed by atoms with van der Waals surface area (Å²) in [5.41, 5.74) is 0.474. The zero-order valence-corrected chi connectivity index (χ0v) is 13.3. The van der Waals surface area contributed by atoms with Gasteiger partial charge in [-0.05, 0) is 30.7 Å². The lowest BCUT2D eigenvalue weighted by Gasteiger charge is -2.22. The fourth-order valence-electron chi connectivity index (χ4n) is 2.13. The summed E-state index contributed by atoms with van der Waals surface area (Å²) in [7, 11) is -3.56. The molecule has 1 saturated heterocycles. The second-order valence-electron chi connectivity index (χ2n) is 4.81. The molecular formula is C15H19NO3S2. The number of rotatable bonds is 4. The molecule has 4 nitrogen and oxygen atoms in total. The summed E-state index contributed by atoms with van der Waals surface area (Å²) in [6.07, 6.45) is 2.25. The average molecular weight is 325 g/mol. The van der Waals surface area contributed by atoms with Crippen LogP contribution in [-0.4, -0.2) is 37.7 Å². The molecule has 1 heterocycles. The molecule has 2 N–H and O–H groups in total. The lowest BCUT2D eigenvalue weighted by Crippen LogP contribution is -2.38. The van der Waals surface area contributed by atoms with Crippen LogP contribution in [0.5, 0.6) is 0 Å². The minimum Gasteiger partial charge on any atom is -0.395 e. The lowest BCUT2D eigenvalue weighted by molar-refractivity contribution is 0.305. The van der Waals surface area contributed by atoms with Crippen molar-refractivity contribution in [2.24, 2.45) is 0 Å².